The first kappa shape index (κ1) is 15.4. The monoisotopic (exact) mass is 326 g/mol. The summed E-state index contributed by atoms with van der Waals surface area (Å²) in [7, 11) is 2.13. The van der Waals surface area contributed by atoms with Gasteiger partial charge in [-0.15, -0.1) is 0 Å². The van der Waals surface area contributed by atoms with Gasteiger partial charge in [-0.3, -0.25) is 9.59 Å². The summed E-state index contributed by atoms with van der Waals surface area (Å²) in [5, 5.41) is 0.516. The smallest absolute Gasteiger partial charge is 0.290 e. The molecule has 0 bridgehead atoms. The van der Waals surface area contributed by atoms with Crippen LogP contribution in [0.5, 0.6) is 0 Å². The van der Waals surface area contributed by atoms with E-state index in [-0.39, 0.29) is 23.1 Å². The maximum absolute atomic E-state index is 13.0. The fourth-order valence-electron chi connectivity index (χ4n) is 4.22. The number of rotatable bonds is 2. The van der Waals surface area contributed by atoms with Gasteiger partial charge in [-0.05, 0) is 51.4 Å². The van der Waals surface area contributed by atoms with Gasteiger partial charge in [0, 0.05) is 24.7 Å². The maximum atomic E-state index is 13.0. The van der Waals surface area contributed by atoms with Crippen LogP contribution in [-0.2, 0) is 0 Å². The normalized spacial score (nSPS) is 24.8. The van der Waals surface area contributed by atoms with Gasteiger partial charge in [0.1, 0.15) is 5.58 Å². The van der Waals surface area contributed by atoms with Crippen LogP contribution < -0.4 is 5.43 Å². The van der Waals surface area contributed by atoms with Gasteiger partial charge in [-0.2, -0.15) is 0 Å². The summed E-state index contributed by atoms with van der Waals surface area (Å²) < 4.78 is 5.75. The van der Waals surface area contributed by atoms with Gasteiger partial charge in [0.15, 0.2) is 11.2 Å². The summed E-state index contributed by atoms with van der Waals surface area (Å²) in [6.07, 6.45) is 4.36. The first-order chi connectivity index (χ1) is 11.6. The molecule has 1 amide bonds. The average molecular weight is 326 g/mol. The van der Waals surface area contributed by atoms with E-state index < -0.39 is 0 Å². The molecule has 0 spiro atoms. The number of carbonyl (C=O) groups excluding carboxylic acids is 1. The lowest BCUT2D eigenvalue weighted by molar-refractivity contribution is 0.0633. The Morgan fingerprint density at radius 2 is 1.88 bits per heavy atom. The summed E-state index contributed by atoms with van der Waals surface area (Å²) in [6, 6.07) is 9.06. The number of hydrogen-bond acceptors (Lipinski definition) is 4. The minimum Gasteiger partial charge on any atom is -0.451 e. The number of nitrogens with zero attached hydrogens (tertiary/aromatic N) is 2. The van der Waals surface area contributed by atoms with Crippen molar-refractivity contribution in [3.05, 3.63) is 46.3 Å². The Morgan fingerprint density at radius 3 is 2.67 bits per heavy atom. The molecule has 2 atom stereocenters. The van der Waals surface area contributed by atoms with Crippen molar-refractivity contribution in [2.75, 3.05) is 20.1 Å². The zero-order valence-corrected chi connectivity index (χ0v) is 13.9. The molecule has 2 saturated heterocycles. The number of amides is 1. The topological polar surface area (TPSA) is 53.8 Å². The second kappa shape index (κ2) is 6.06. The predicted molar refractivity (Wildman–Crippen MR) is 92.2 cm³/mol. The zero-order chi connectivity index (χ0) is 16.7. The highest BCUT2D eigenvalue weighted by molar-refractivity contribution is 5.93. The Morgan fingerprint density at radius 1 is 1.12 bits per heavy atom. The standard InChI is InChI=1S/C19H22N2O3/c1-20-10-4-7-14(20)15-8-5-11-21(15)19(23)18-12-16(22)13-6-2-3-9-17(13)24-18/h2-3,6,9,12,14-15H,4-5,7-8,10-11H2,1H3/t14-,15-/m0/s1. The van der Waals surface area contributed by atoms with E-state index in [1.54, 1.807) is 18.2 Å². The van der Waals surface area contributed by atoms with E-state index in [1.165, 1.54) is 12.5 Å². The molecule has 0 unspecified atom stereocenters. The second-order valence-electron chi connectivity index (χ2n) is 6.87. The number of likely N-dealkylation sites (tertiary alicyclic amines) is 2. The van der Waals surface area contributed by atoms with Crippen LogP contribution in [0.25, 0.3) is 11.0 Å². The van der Waals surface area contributed by atoms with Crippen molar-refractivity contribution < 1.29 is 9.21 Å². The summed E-state index contributed by atoms with van der Waals surface area (Å²) in [4.78, 5) is 29.5. The summed E-state index contributed by atoms with van der Waals surface area (Å²) in [6.45, 7) is 1.83. The molecule has 0 radical (unpaired) electrons. The third kappa shape index (κ3) is 2.53. The summed E-state index contributed by atoms with van der Waals surface area (Å²) in [5.41, 5.74) is 0.316. The van der Waals surface area contributed by atoms with Gasteiger partial charge in [-0.1, -0.05) is 12.1 Å². The largest absolute Gasteiger partial charge is 0.451 e. The van der Waals surface area contributed by atoms with Crippen LogP contribution >= 0.6 is 0 Å². The van der Waals surface area contributed by atoms with Crippen molar-refractivity contribution in [1.29, 1.82) is 0 Å². The van der Waals surface area contributed by atoms with E-state index in [9.17, 15) is 9.59 Å². The Balaban J connectivity index is 1.66. The number of hydrogen-bond donors (Lipinski definition) is 0. The van der Waals surface area contributed by atoms with E-state index in [0.29, 0.717) is 17.0 Å². The molecule has 0 saturated carbocycles. The van der Waals surface area contributed by atoms with Gasteiger partial charge >= 0.3 is 0 Å². The second-order valence-corrected chi connectivity index (χ2v) is 6.87. The van der Waals surface area contributed by atoms with Gasteiger partial charge in [0.25, 0.3) is 5.91 Å². The summed E-state index contributed by atoms with van der Waals surface area (Å²) >= 11 is 0. The van der Waals surface area contributed by atoms with Crippen molar-refractivity contribution >= 4 is 16.9 Å². The Hall–Kier alpha value is -2.14. The molecular weight excluding hydrogens is 304 g/mol. The van der Waals surface area contributed by atoms with E-state index >= 15 is 0 Å². The van der Waals surface area contributed by atoms with Crippen molar-refractivity contribution in [2.24, 2.45) is 0 Å². The Kier molecular flexibility index (Phi) is 3.88. The molecule has 2 aromatic rings. The van der Waals surface area contributed by atoms with Crippen LogP contribution in [0, 0.1) is 0 Å². The number of likely N-dealkylation sites (N-methyl/N-ethyl adjacent to an activating group) is 1. The molecule has 24 heavy (non-hydrogen) atoms. The lowest BCUT2D eigenvalue weighted by atomic mass is 10.0. The van der Waals surface area contributed by atoms with Crippen molar-refractivity contribution in [2.45, 2.75) is 37.8 Å². The highest BCUT2D eigenvalue weighted by Crippen LogP contribution is 2.30. The third-order valence-electron chi connectivity index (χ3n) is 5.43. The molecular formula is C19H22N2O3. The minimum atomic E-state index is -0.158. The Labute approximate surface area is 140 Å². The first-order valence-corrected chi connectivity index (χ1v) is 8.69. The first-order valence-electron chi connectivity index (χ1n) is 8.69. The van der Waals surface area contributed by atoms with Gasteiger partial charge in [-0.25, -0.2) is 0 Å². The van der Waals surface area contributed by atoms with Crippen LogP contribution in [0.3, 0.4) is 0 Å². The molecule has 1 aromatic heterocycles. The van der Waals surface area contributed by atoms with Gasteiger partial charge in [0.2, 0.25) is 0 Å². The highest BCUT2D eigenvalue weighted by Gasteiger charge is 2.39. The number of para-hydroxylation sites is 1. The quantitative estimate of drug-likeness (QED) is 0.851. The number of carbonyl (C=O) groups is 1. The van der Waals surface area contributed by atoms with Crippen LogP contribution in [0.1, 0.15) is 36.2 Å². The van der Waals surface area contributed by atoms with Gasteiger partial charge in [0.05, 0.1) is 5.39 Å². The number of benzene rings is 1. The molecule has 0 aliphatic carbocycles. The van der Waals surface area contributed by atoms with Crippen LogP contribution in [0.2, 0.25) is 0 Å². The molecule has 2 aliphatic heterocycles. The highest BCUT2D eigenvalue weighted by atomic mass is 16.3. The predicted octanol–water partition coefficient (Wildman–Crippen LogP) is 2.49. The molecule has 4 rings (SSSR count). The molecule has 5 heteroatoms. The van der Waals surface area contributed by atoms with Crippen LogP contribution in [-0.4, -0.2) is 47.9 Å². The lowest BCUT2D eigenvalue weighted by Crippen LogP contribution is -2.47. The molecule has 1 aromatic carbocycles. The van der Waals surface area contributed by atoms with Gasteiger partial charge < -0.3 is 14.2 Å². The summed E-state index contributed by atoms with van der Waals surface area (Å²) in [5.74, 6) is 0.00639. The SMILES string of the molecule is CN1CCC[C@H]1[C@@H]1CCCN1C(=O)c1cc(=O)c2ccccc2o1. The minimum absolute atomic E-state index is 0.152. The third-order valence-corrected chi connectivity index (χ3v) is 5.43. The Bertz CT molecular complexity index is 829. The van der Waals surface area contributed by atoms with Crippen LogP contribution in [0.15, 0.2) is 39.5 Å². The molecule has 3 heterocycles. The molecule has 126 valence electrons. The number of fused-ring (bicyclic) bond motifs is 1. The van der Waals surface area contributed by atoms with E-state index in [2.05, 4.69) is 11.9 Å². The van der Waals surface area contributed by atoms with E-state index in [4.69, 9.17) is 4.42 Å². The van der Waals surface area contributed by atoms with Crippen molar-refractivity contribution in [1.82, 2.24) is 9.80 Å². The van der Waals surface area contributed by atoms with Crippen molar-refractivity contribution in [3.8, 4) is 0 Å². The molecule has 2 aliphatic rings. The average Bonchev–Trinajstić information content (AvgIpc) is 3.22. The fourth-order valence-corrected chi connectivity index (χ4v) is 4.22. The van der Waals surface area contributed by atoms with Crippen molar-refractivity contribution in [3.63, 3.8) is 0 Å². The fraction of sp³-hybridized carbons (Fsp3) is 0.474. The maximum Gasteiger partial charge on any atom is 0.290 e. The van der Waals surface area contributed by atoms with E-state index in [1.807, 2.05) is 11.0 Å². The zero-order valence-electron chi connectivity index (χ0n) is 13.9. The van der Waals surface area contributed by atoms with E-state index in [0.717, 1.165) is 32.4 Å². The lowest BCUT2D eigenvalue weighted by Gasteiger charge is -2.32. The van der Waals surface area contributed by atoms with Crippen LogP contribution in [0.4, 0.5) is 0 Å². The molecule has 0 N–H and O–H groups in total. The molecule has 5 nitrogen and oxygen atoms in total. The molecule has 2 fully saturated rings.